The number of rotatable bonds is 1. The molecule has 0 aromatic heterocycles. The van der Waals surface area contributed by atoms with E-state index in [9.17, 15) is 4.79 Å². The van der Waals surface area contributed by atoms with Crippen molar-refractivity contribution in [2.75, 3.05) is 18.4 Å². The van der Waals surface area contributed by atoms with Crippen molar-refractivity contribution in [2.45, 2.75) is 25.7 Å². The molecule has 0 bridgehead atoms. The number of carbonyl (C=O) groups excluding carboxylic acids is 1. The Morgan fingerprint density at radius 3 is 2.50 bits per heavy atom. The van der Waals surface area contributed by atoms with Crippen LogP contribution in [-0.4, -0.2) is 24.0 Å². The number of hydrogen-bond acceptors (Lipinski definition) is 1. The van der Waals surface area contributed by atoms with Gasteiger partial charge in [0.1, 0.15) is 0 Å². The Bertz CT molecular complexity index is 431. The van der Waals surface area contributed by atoms with E-state index in [-0.39, 0.29) is 6.03 Å². The molecule has 0 radical (unpaired) electrons. The molecular weight excluding hydrogens is 316 g/mol. The number of nitrogens with zero attached hydrogens (tertiary/aromatic N) is 1. The summed E-state index contributed by atoms with van der Waals surface area (Å²) in [5, 5.41) is 3.49. The molecule has 0 atom stereocenters. The highest BCUT2D eigenvalue weighted by molar-refractivity contribution is 9.10. The van der Waals surface area contributed by atoms with Crippen LogP contribution >= 0.6 is 27.5 Å². The molecule has 18 heavy (non-hydrogen) atoms. The molecule has 98 valence electrons. The molecule has 1 aliphatic heterocycles. The summed E-state index contributed by atoms with van der Waals surface area (Å²) >= 11 is 9.32. The number of amides is 2. The van der Waals surface area contributed by atoms with Gasteiger partial charge in [0.05, 0.1) is 5.02 Å². The van der Waals surface area contributed by atoms with Gasteiger partial charge in [-0.25, -0.2) is 4.79 Å². The minimum atomic E-state index is -0.0321. The lowest BCUT2D eigenvalue weighted by molar-refractivity contribution is 0.214. The van der Waals surface area contributed by atoms with Crippen LogP contribution in [0.5, 0.6) is 0 Å². The second-order valence-corrected chi connectivity index (χ2v) is 5.72. The molecule has 1 heterocycles. The van der Waals surface area contributed by atoms with E-state index in [1.807, 2.05) is 17.0 Å². The Morgan fingerprint density at radius 2 is 1.89 bits per heavy atom. The van der Waals surface area contributed by atoms with Crippen molar-refractivity contribution in [1.29, 1.82) is 0 Å². The summed E-state index contributed by atoms with van der Waals surface area (Å²) in [6, 6.07) is 5.39. The van der Waals surface area contributed by atoms with Crippen LogP contribution in [0.3, 0.4) is 0 Å². The third-order valence-corrected chi connectivity index (χ3v) is 4.30. The number of nitrogens with one attached hydrogen (secondary N) is 1. The fraction of sp³-hybridized carbons (Fsp3) is 0.462. The third-order valence-electron chi connectivity index (χ3n) is 3.06. The van der Waals surface area contributed by atoms with E-state index in [4.69, 9.17) is 11.6 Å². The van der Waals surface area contributed by atoms with Gasteiger partial charge in [-0.2, -0.15) is 0 Å². The molecule has 2 amide bonds. The average Bonchev–Trinajstić information content (AvgIpc) is 2.62. The summed E-state index contributed by atoms with van der Waals surface area (Å²) in [5.41, 5.74) is 0.734. The van der Waals surface area contributed by atoms with Gasteiger partial charge in [-0.1, -0.05) is 24.4 Å². The van der Waals surface area contributed by atoms with E-state index in [1.165, 1.54) is 12.8 Å². The minimum absolute atomic E-state index is 0.0321. The van der Waals surface area contributed by atoms with Crippen LogP contribution in [0.25, 0.3) is 0 Å². The molecule has 0 saturated carbocycles. The molecule has 0 spiro atoms. The van der Waals surface area contributed by atoms with Gasteiger partial charge >= 0.3 is 6.03 Å². The van der Waals surface area contributed by atoms with Crippen LogP contribution in [0, 0.1) is 0 Å². The van der Waals surface area contributed by atoms with E-state index in [0.717, 1.165) is 36.1 Å². The maximum absolute atomic E-state index is 12.1. The fourth-order valence-corrected chi connectivity index (χ4v) is 2.48. The standard InChI is InChI=1S/C13H16BrClN2O/c14-11-6-5-10(9-12(11)15)16-13(18)17-7-3-1-2-4-8-17/h5-6,9H,1-4,7-8H2,(H,16,18). The first kappa shape index (κ1) is 13.7. The van der Waals surface area contributed by atoms with Gasteiger partial charge in [0.2, 0.25) is 0 Å². The molecule has 1 fully saturated rings. The maximum atomic E-state index is 12.1. The summed E-state index contributed by atoms with van der Waals surface area (Å²) < 4.78 is 0.830. The number of benzene rings is 1. The third kappa shape index (κ3) is 3.62. The van der Waals surface area contributed by atoms with Crippen molar-refractivity contribution < 1.29 is 4.79 Å². The quantitative estimate of drug-likeness (QED) is 0.806. The Labute approximate surface area is 121 Å². The SMILES string of the molecule is O=C(Nc1ccc(Br)c(Cl)c1)N1CCCCCC1. The molecule has 5 heteroatoms. The Hall–Kier alpha value is -0.740. The van der Waals surface area contributed by atoms with Gasteiger partial charge in [0, 0.05) is 23.2 Å². The molecule has 1 N–H and O–H groups in total. The van der Waals surface area contributed by atoms with Crippen molar-refractivity contribution in [3.63, 3.8) is 0 Å². The predicted octanol–water partition coefficient (Wildman–Crippen LogP) is 4.51. The van der Waals surface area contributed by atoms with Gasteiger partial charge in [0.15, 0.2) is 0 Å². The minimum Gasteiger partial charge on any atom is -0.325 e. The molecule has 2 rings (SSSR count). The first-order valence-corrected chi connectivity index (χ1v) is 7.35. The lowest BCUT2D eigenvalue weighted by atomic mass is 10.2. The second-order valence-electron chi connectivity index (χ2n) is 4.46. The zero-order chi connectivity index (χ0) is 13.0. The van der Waals surface area contributed by atoms with Crippen molar-refractivity contribution in [2.24, 2.45) is 0 Å². The monoisotopic (exact) mass is 330 g/mol. The zero-order valence-corrected chi connectivity index (χ0v) is 12.4. The number of anilines is 1. The molecule has 1 aromatic carbocycles. The van der Waals surface area contributed by atoms with Crippen molar-refractivity contribution >= 4 is 39.2 Å². The topological polar surface area (TPSA) is 32.3 Å². The number of halogens is 2. The highest BCUT2D eigenvalue weighted by atomic mass is 79.9. The zero-order valence-electron chi connectivity index (χ0n) is 10.1. The molecule has 0 unspecified atom stereocenters. The molecule has 3 nitrogen and oxygen atoms in total. The lowest BCUT2D eigenvalue weighted by Gasteiger charge is -2.20. The summed E-state index contributed by atoms with van der Waals surface area (Å²) in [6.45, 7) is 1.69. The van der Waals surface area contributed by atoms with Crippen LogP contribution in [0.2, 0.25) is 5.02 Å². The summed E-state index contributed by atoms with van der Waals surface area (Å²) in [5.74, 6) is 0. The van der Waals surface area contributed by atoms with Crippen LogP contribution < -0.4 is 5.32 Å². The van der Waals surface area contributed by atoms with Crippen molar-refractivity contribution in [3.8, 4) is 0 Å². The number of urea groups is 1. The predicted molar refractivity (Wildman–Crippen MR) is 78.2 cm³/mol. The number of hydrogen-bond donors (Lipinski definition) is 1. The molecular formula is C13H16BrClN2O. The highest BCUT2D eigenvalue weighted by Gasteiger charge is 2.15. The van der Waals surface area contributed by atoms with E-state index >= 15 is 0 Å². The van der Waals surface area contributed by atoms with Crippen LogP contribution in [-0.2, 0) is 0 Å². The Balaban J connectivity index is 1.99. The summed E-state index contributed by atoms with van der Waals surface area (Å²) in [4.78, 5) is 14.0. The van der Waals surface area contributed by atoms with Crippen LogP contribution in [0.4, 0.5) is 10.5 Å². The van der Waals surface area contributed by atoms with Gasteiger partial charge in [-0.15, -0.1) is 0 Å². The van der Waals surface area contributed by atoms with Crippen molar-refractivity contribution in [1.82, 2.24) is 4.90 Å². The smallest absolute Gasteiger partial charge is 0.321 e. The van der Waals surface area contributed by atoms with E-state index in [1.54, 1.807) is 6.07 Å². The lowest BCUT2D eigenvalue weighted by Crippen LogP contribution is -2.35. The second kappa shape index (κ2) is 6.43. The molecule has 1 aromatic rings. The molecule has 1 saturated heterocycles. The first-order chi connectivity index (χ1) is 8.66. The van der Waals surface area contributed by atoms with Crippen LogP contribution in [0.15, 0.2) is 22.7 Å². The Morgan fingerprint density at radius 1 is 1.22 bits per heavy atom. The van der Waals surface area contributed by atoms with Gasteiger partial charge in [-0.3, -0.25) is 0 Å². The van der Waals surface area contributed by atoms with E-state index in [0.29, 0.717) is 5.02 Å². The number of likely N-dealkylation sites (tertiary alicyclic amines) is 1. The average molecular weight is 332 g/mol. The Kier molecular flexibility index (Phi) is 4.89. The van der Waals surface area contributed by atoms with Gasteiger partial charge < -0.3 is 10.2 Å². The van der Waals surface area contributed by atoms with Gasteiger partial charge in [-0.05, 0) is 47.0 Å². The largest absolute Gasteiger partial charge is 0.325 e. The molecule has 0 aliphatic carbocycles. The molecule has 1 aliphatic rings. The first-order valence-electron chi connectivity index (χ1n) is 6.18. The highest BCUT2D eigenvalue weighted by Crippen LogP contribution is 2.25. The summed E-state index contributed by atoms with van der Waals surface area (Å²) in [7, 11) is 0. The maximum Gasteiger partial charge on any atom is 0.321 e. The van der Waals surface area contributed by atoms with Gasteiger partial charge in [0.25, 0.3) is 0 Å². The van der Waals surface area contributed by atoms with E-state index < -0.39 is 0 Å². The van der Waals surface area contributed by atoms with E-state index in [2.05, 4.69) is 21.2 Å². The number of carbonyl (C=O) groups is 1. The normalized spacial score (nSPS) is 16.2. The van der Waals surface area contributed by atoms with Crippen LogP contribution in [0.1, 0.15) is 25.7 Å². The van der Waals surface area contributed by atoms with Crippen molar-refractivity contribution in [3.05, 3.63) is 27.7 Å². The summed E-state index contributed by atoms with van der Waals surface area (Å²) in [6.07, 6.45) is 4.62. The fourth-order valence-electron chi connectivity index (χ4n) is 2.05.